The smallest absolute Gasteiger partial charge is 0.280 e. The van der Waals surface area contributed by atoms with E-state index in [2.05, 4.69) is 11.7 Å². The van der Waals surface area contributed by atoms with Gasteiger partial charge in [-0.15, -0.1) is 11.3 Å². The summed E-state index contributed by atoms with van der Waals surface area (Å²) < 4.78 is 1.66. The second kappa shape index (κ2) is 7.98. The number of ketones is 1. The van der Waals surface area contributed by atoms with Crippen molar-refractivity contribution in [1.82, 2.24) is 0 Å². The van der Waals surface area contributed by atoms with Crippen LogP contribution in [0.4, 0.5) is 5.69 Å². The third-order valence-corrected chi connectivity index (χ3v) is 3.48. The number of hydrogen-bond acceptors (Lipinski definition) is 7. The quantitative estimate of drug-likeness (QED) is 0.202. The first-order valence-electron chi connectivity index (χ1n) is 5.69. The second-order valence-corrected chi connectivity index (χ2v) is 4.80. The van der Waals surface area contributed by atoms with E-state index >= 15 is 0 Å². The summed E-state index contributed by atoms with van der Waals surface area (Å²) in [4.78, 5) is 32.8. The molecule has 0 bridgehead atoms. The van der Waals surface area contributed by atoms with Crippen molar-refractivity contribution in [3.05, 3.63) is 44.2 Å². The van der Waals surface area contributed by atoms with Crippen LogP contribution < -0.4 is 11.7 Å². The van der Waals surface area contributed by atoms with E-state index in [9.17, 15) is 19.7 Å². The molecule has 0 aromatic carbocycles. The van der Waals surface area contributed by atoms with E-state index in [1.165, 1.54) is 11.4 Å². The third-order valence-electron chi connectivity index (χ3n) is 2.52. The lowest BCUT2D eigenvalue weighted by Crippen LogP contribution is -2.25. The predicted molar refractivity (Wildman–Crippen MR) is 78.1 cm³/mol. The molecule has 9 heteroatoms. The Balaban J connectivity index is 0.00000106. The molecule has 0 amide bonds. The summed E-state index contributed by atoms with van der Waals surface area (Å²) >= 11 is 1.05. The summed E-state index contributed by atoms with van der Waals surface area (Å²) in [5.74, 6) is 9.57. The summed E-state index contributed by atoms with van der Waals surface area (Å²) in [6.45, 7) is 0.395. The first-order chi connectivity index (χ1) is 10.1. The molecule has 4 N–H and O–H groups in total. The first-order valence-corrected chi connectivity index (χ1v) is 6.57. The molecule has 0 radical (unpaired) electrons. The minimum Gasteiger partial charge on any atom is -0.286 e. The van der Waals surface area contributed by atoms with E-state index < -0.39 is 4.92 Å². The Hall–Kier alpha value is -2.45. The lowest BCUT2D eigenvalue weighted by atomic mass is 10.2. The van der Waals surface area contributed by atoms with Gasteiger partial charge >= 0.3 is 0 Å². The zero-order chi connectivity index (χ0) is 15.8. The Morgan fingerprint density at radius 2 is 2.24 bits per heavy atom. The summed E-state index contributed by atoms with van der Waals surface area (Å²) in [6, 6.07) is 1.27. The summed E-state index contributed by atoms with van der Waals surface area (Å²) in [5, 5.41) is 11.9. The van der Waals surface area contributed by atoms with Gasteiger partial charge in [0.2, 0.25) is 12.3 Å². The van der Waals surface area contributed by atoms with Crippen LogP contribution in [0.15, 0.2) is 29.2 Å². The van der Waals surface area contributed by atoms with Crippen molar-refractivity contribution in [2.24, 2.45) is 11.7 Å². The highest BCUT2D eigenvalue weighted by Gasteiger charge is 2.20. The highest BCUT2D eigenvalue weighted by Crippen LogP contribution is 2.21. The molecule has 110 valence electrons. The minimum absolute atomic E-state index is 0.0766. The lowest BCUT2D eigenvalue weighted by molar-refractivity contribution is -0.501. The molecular formula is C12H13N4O4S+. The van der Waals surface area contributed by atoms with Gasteiger partial charge in [-0.3, -0.25) is 26.6 Å². The minimum atomic E-state index is -0.531. The zero-order valence-electron chi connectivity index (χ0n) is 10.9. The fraction of sp³-hybridized carbons (Fsp3) is 0.167. The van der Waals surface area contributed by atoms with Gasteiger partial charge in [0, 0.05) is 12.1 Å². The molecule has 1 aromatic heterocycles. The Morgan fingerprint density at radius 1 is 1.52 bits per heavy atom. The van der Waals surface area contributed by atoms with Gasteiger partial charge in [-0.05, 0) is 6.08 Å². The third kappa shape index (κ3) is 4.55. The maximum absolute atomic E-state index is 11.9. The fourth-order valence-electron chi connectivity index (χ4n) is 1.61. The van der Waals surface area contributed by atoms with Crippen LogP contribution in [-0.4, -0.2) is 40.5 Å². The Kier molecular flexibility index (Phi) is 6.31. The van der Waals surface area contributed by atoms with Gasteiger partial charge in [0.15, 0.2) is 12.8 Å². The molecule has 0 fully saturated rings. The molecule has 0 saturated heterocycles. The van der Waals surface area contributed by atoms with Crippen LogP contribution in [-0.2, 0) is 4.79 Å². The first kappa shape index (κ1) is 16.6. The standard InChI is InChI=1S/C12H9N2O4S.H4N2/c15-7-9-2-1-3-13(5-9)6-11(16)12-4-10(8-19-12)14(17)18;1-2/h1-4,8H,5-6H2;1-2H2/q+1;. The monoisotopic (exact) mass is 309 g/mol. The van der Waals surface area contributed by atoms with Gasteiger partial charge in [-0.1, -0.05) is 0 Å². The van der Waals surface area contributed by atoms with Crippen LogP contribution in [0.2, 0.25) is 0 Å². The van der Waals surface area contributed by atoms with Crippen LogP contribution in [0.3, 0.4) is 0 Å². The summed E-state index contributed by atoms with van der Waals surface area (Å²) in [6.07, 6.45) is 4.98. The molecule has 0 saturated carbocycles. The van der Waals surface area contributed by atoms with E-state index in [0.717, 1.165) is 11.3 Å². The number of nitrogens with zero attached hydrogens (tertiary/aromatic N) is 2. The molecule has 0 spiro atoms. The number of Topliss-reactive ketones (excluding diaryl/α,β-unsaturated/α-hetero) is 1. The fourth-order valence-corrected chi connectivity index (χ4v) is 2.40. The molecule has 1 aliphatic rings. The van der Waals surface area contributed by atoms with Crippen molar-refractivity contribution in [3.8, 4) is 0 Å². The number of hydrogen-bond donors (Lipinski definition) is 2. The predicted octanol–water partition coefficient (Wildman–Crippen LogP) is 0.0689. The Bertz CT molecular complexity index is 656. The molecule has 1 aliphatic heterocycles. The summed E-state index contributed by atoms with van der Waals surface area (Å²) in [7, 11) is 0. The number of allylic oxidation sites excluding steroid dienone is 1. The van der Waals surface area contributed by atoms with Crippen LogP contribution >= 0.6 is 11.3 Å². The molecule has 0 aliphatic carbocycles. The van der Waals surface area contributed by atoms with Crippen molar-refractivity contribution in [2.75, 3.05) is 13.1 Å². The van der Waals surface area contributed by atoms with E-state index in [0.29, 0.717) is 17.0 Å². The van der Waals surface area contributed by atoms with Crippen LogP contribution in [0, 0.1) is 10.1 Å². The van der Waals surface area contributed by atoms with Crippen LogP contribution in [0.25, 0.3) is 0 Å². The number of rotatable bonds is 4. The van der Waals surface area contributed by atoms with Gasteiger partial charge in [-0.2, -0.15) is 0 Å². The lowest BCUT2D eigenvalue weighted by Gasteiger charge is -2.03. The van der Waals surface area contributed by atoms with Crippen LogP contribution in [0.5, 0.6) is 0 Å². The number of nitrogens with two attached hydrogens (primary N) is 2. The van der Waals surface area contributed by atoms with Gasteiger partial charge in [-0.25, -0.2) is 9.37 Å². The molecular weight excluding hydrogens is 296 g/mol. The highest BCUT2D eigenvalue weighted by molar-refractivity contribution is 7.12. The van der Waals surface area contributed by atoms with E-state index in [1.54, 1.807) is 28.9 Å². The highest BCUT2D eigenvalue weighted by atomic mass is 32.1. The molecule has 1 aromatic rings. The zero-order valence-corrected chi connectivity index (χ0v) is 11.7. The van der Waals surface area contributed by atoms with Crippen molar-refractivity contribution in [2.45, 2.75) is 0 Å². The van der Waals surface area contributed by atoms with E-state index in [-0.39, 0.29) is 18.0 Å². The maximum atomic E-state index is 11.9. The number of nitro groups is 1. The normalized spacial score (nSPS) is 12.9. The molecule has 8 nitrogen and oxygen atoms in total. The van der Waals surface area contributed by atoms with Gasteiger partial charge in [0.1, 0.15) is 11.5 Å². The topological polar surface area (TPSA) is 132 Å². The Labute approximate surface area is 123 Å². The maximum Gasteiger partial charge on any atom is 0.280 e. The SMILES string of the molecule is NN.O=C=C1C=CC=[N+](CC(=O)c2cc([N+](=O)[O-])cs2)C1. The molecule has 2 heterocycles. The largest absolute Gasteiger partial charge is 0.286 e. The molecule has 21 heavy (non-hydrogen) atoms. The van der Waals surface area contributed by atoms with Crippen molar-refractivity contribution >= 4 is 35.0 Å². The molecule has 2 rings (SSSR count). The molecule has 0 unspecified atom stereocenters. The average molecular weight is 309 g/mol. The van der Waals surface area contributed by atoms with Crippen LogP contribution in [0.1, 0.15) is 9.67 Å². The molecule has 0 atom stereocenters. The number of carbonyl (C=O) groups is 1. The Morgan fingerprint density at radius 3 is 2.81 bits per heavy atom. The second-order valence-electron chi connectivity index (χ2n) is 3.89. The van der Waals surface area contributed by atoms with Crippen molar-refractivity contribution in [1.29, 1.82) is 0 Å². The number of carbonyl (C=O) groups excluding carboxylic acids is 2. The average Bonchev–Trinajstić information content (AvgIpc) is 3.00. The van der Waals surface area contributed by atoms with Crippen molar-refractivity contribution in [3.63, 3.8) is 0 Å². The van der Waals surface area contributed by atoms with E-state index in [1.807, 2.05) is 0 Å². The summed E-state index contributed by atoms with van der Waals surface area (Å²) in [5.41, 5.74) is 0.386. The van der Waals surface area contributed by atoms with Gasteiger partial charge in [0.05, 0.1) is 15.2 Å². The van der Waals surface area contributed by atoms with Gasteiger partial charge in [0.25, 0.3) is 5.69 Å². The number of thiophene rings is 1. The van der Waals surface area contributed by atoms with Gasteiger partial charge < -0.3 is 0 Å². The number of hydrazine groups is 1. The van der Waals surface area contributed by atoms with E-state index in [4.69, 9.17) is 0 Å². The van der Waals surface area contributed by atoms with Crippen molar-refractivity contribution < 1.29 is 19.1 Å².